The van der Waals surface area contributed by atoms with Gasteiger partial charge in [0.25, 0.3) is 0 Å². The fourth-order valence-electron chi connectivity index (χ4n) is 4.72. The summed E-state index contributed by atoms with van der Waals surface area (Å²) >= 11 is 0. The normalized spacial score (nSPS) is 17.3. The van der Waals surface area contributed by atoms with Crippen molar-refractivity contribution in [2.45, 2.75) is 25.3 Å². The van der Waals surface area contributed by atoms with Crippen molar-refractivity contribution in [3.63, 3.8) is 0 Å². The average Bonchev–Trinajstić information content (AvgIpc) is 3.32. The van der Waals surface area contributed by atoms with Crippen LogP contribution in [0.2, 0.25) is 0 Å². The van der Waals surface area contributed by atoms with Crippen LogP contribution in [0.25, 0.3) is 0 Å². The number of rotatable bonds is 9. The Morgan fingerprint density at radius 1 is 0.943 bits per heavy atom. The Kier molecular flexibility index (Phi) is 8.67. The highest BCUT2D eigenvalue weighted by Crippen LogP contribution is 2.23. The first-order valence-electron chi connectivity index (χ1n) is 12.4. The van der Waals surface area contributed by atoms with Gasteiger partial charge in [0, 0.05) is 76.9 Å². The maximum absolute atomic E-state index is 12.5. The lowest BCUT2D eigenvalue weighted by Crippen LogP contribution is -2.51. The Hall–Kier alpha value is -3.46. The molecule has 9 nitrogen and oxygen atoms in total. The lowest BCUT2D eigenvalue weighted by atomic mass is 10.1. The minimum atomic E-state index is -0.642. The maximum Gasteiger partial charge on any atom is 0.309 e. The Labute approximate surface area is 206 Å². The summed E-state index contributed by atoms with van der Waals surface area (Å²) in [6, 6.07) is 14.2. The van der Waals surface area contributed by atoms with Crippen LogP contribution in [0.4, 0.5) is 5.69 Å². The summed E-state index contributed by atoms with van der Waals surface area (Å²) in [6.07, 6.45) is 5.69. The van der Waals surface area contributed by atoms with Gasteiger partial charge in [-0.3, -0.25) is 24.3 Å². The van der Waals surface area contributed by atoms with Crippen molar-refractivity contribution in [2.24, 2.45) is 0 Å². The summed E-state index contributed by atoms with van der Waals surface area (Å²) in [7, 11) is 0. The van der Waals surface area contributed by atoms with Gasteiger partial charge in [-0.25, -0.2) is 0 Å². The largest absolute Gasteiger partial charge is 0.369 e. The summed E-state index contributed by atoms with van der Waals surface area (Å²) in [5, 5.41) is 5.48. The summed E-state index contributed by atoms with van der Waals surface area (Å²) in [4.78, 5) is 47.2. The molecule has 2 N–H and O–H groups in total. The quantitative estimate of drug-likeness (QED) is 0.415. The van der Waals surface area contributed by atoms with Crippen LogP contribution in [0.15, 0.2) is 54.9 Å². The molecule has 1 aromatic heterocycles. The topological polar surface area (TPSA) is 97.9 Å². The van der Waals surface area contributed by atoms with Crippen LogP contribution in [-0.2, 0) is 14.4 Å². The zero-order chi connectivity index (χ0) is 24.5. The predicted molar refractivity (Wildman–Crippen MR) is 134 cm³/mol. The number of nitrogens with one attached hydrogen (secondary N) is 2. The molecule has 0 saturated carbocycles. The fourth-order valence-corrected chi connectivity index (χ4v) is 4.72. The van der Waals surface area contributed by atoms with E-state index in [-0.39, 0.29) is 11.9 Å². The smallest absolute Gasteiger partial charge is 0.309 e. The number of hydrogen-bond donors (Lipinski definition) is 2. The van der Waals surface area contributed by atoms with Crippen LogP contribution in [0.1, 0.15) is 30.9 Å². The Bertz CT molecular complexity index is 979. The second-order valence-corrected chi connectivity index (χ2v) is 8.96. The number of amides is 3. The van der Waals surface area contributed by atoms with Crippen molar-refractivity contribution >= 4 is 23.4 Å². The molecule has 3 amide bonds. The number of nitrogens with zero attached hydrogens (tertiary/aromatic N) is 4. The van der Waals surface area contributed by atoms with E-state index in [4.69, 9.17) is 0 Å². The second kappa shape index (κ2) is 12.3. The molecule has 2 saturated heterocycles. The van der Waals surface area contributed by atoms with Crippen LogP contribution in [0, 0.1) is 0 Å². The molecule has 2 fully saturated rings. The van der Waals surface area contributed by atoms with Gasteiger partial charge < -0.3 is 20.4 Å². The SMILES string of the molecule is O=C(NCCCN1CCCC1=O)C(=O)NC[C@H](c1cccnc1)N1CCN(c2ccccc2)CC1. The van der Waals surface area contributed by atoms with E-state index in [0.717, 1.165) is 44.7 Å². The minimum Gasteiger partial charge on any atom is -0.369 e. The van der Waals surface area contributed by atoms with E-state index in [1.165, 1.54) is 5.69 Å². The molecule has 3 heterocycles. The molecule has 2 aromatic rings. The van der Waals surface area contributed by atoms with Crippen molar-refractivity contribution < 1.29 is 14.4 Å². The molecule has 0 aliphatic carbocycles. The lowest BCUT2D eigenvalue weighted by Gasteiger charge is -2.40. The number of piperazine rings is 1. The van der Waals surface area contributed by atoms with Gasteiger partial charge in [-0.2, -0.15) is 0 Å². The molecule has 0 unspecified atom stereocenters. The van der Waals surface area contributed by atoms with E-state index in [9.17, 15) is 14.4 Å². The third-order valence-corrected chi connectivity index (χ3v) is 6.67. The van der Waals surface area contributed by atoms with E-state index in [1.807, 2.05) is 41.4 Å². The molecular formula is C26H34N6O3. The van der Waals surface area contributed by atoms with Gasteiger partial charge in [-0.05, 0) is 36.6 Å². The van der Waals surface area contributed by atoms with Crippen LogP contribution >= 0.6 is 0 Å². The Morgan fingerprint density at radius 3 is 2.40 bits per heavy atom. The van der Waals surface area contributed by atoms with Gasteiger partial charge in [-0.15, -0.1) is 0 Å². The Morgan fingerprint density at radius 2 is 1.71 bits per heavy atom. The van der Waals surface area contributed by atoms with E-state index in [1.54, 1.807) is 6.20 Å². The average molecular weight is 479 g/mol. The molecule has 0 bridgehead atoms. The van der Waals surface area contributed by atoms with E-state index in [0.29, 0.717) is 32.5 Å². The first kappa shape index (κ1) is 24.7. The maximum atomic E-state index is 12.5. The second-order valence-electron chi connectivity index (χ2n) is 8.96. The molecule has 186 valence electrons. The summed E-state index contributed by atoms with van der Waals surface area (Å²) in [5.74, 6) is -1.12. The number of pyridine rings is 1. The fraction of sp³-hybridized carbons (Fsp3) is 0.462. The highest BCUT2D eigenvalue weighted by molar-refractivity contribution is 6.35. The number of hydrogen-bond acceptors (Lipinski definition) is 6. The van der Waals surface area contributed by atoms with Crippen molar-refractivity contribution in [1.29, 1.82) is 0 Å². The standard InChI is InChI=1S/C26H34N6O3/c33-24-10-5-13-32(24)14-6-12-28-25(34)26(35)29-20-23(21-7-4-11-27-19-21)31-17-15-30(16-18-31)22-8-2-1-3-9-22/h1-4,7-9,11,19,23H,5-6,10,12-18,20H2,(H,28,34)(H,29,35)/t23-/m1/s1. The summed E-state index contributed by atoms with van der Waals surface area (Å²) in [6.45, 7) is 5.53. The highest BCUT2D eigenvalue weighted by Gasteiger charge is 2.27. The third-order valence-electron chi connectivity index (χ3n) is 6.67. The van der Waals surface area contributed by atoms with Gasteiger partial charge in [0.1, 0.15) is 0 Å². The third kappa shape index (κ3) is 6.79. The number of likely N-dealkylation sites (tertiary alicyclic amines) is 1. The van der Waals surface area contributed by atoms with Crippen LogP contribution < -0.4 is 15.5 Å². The molecule has 9 heteroatoms. The van der Waals surface area contributed by atoms with Gasteiger partial charge in [0.15, 0.2) is 0 Å². The van der Waals surface area contributed by atoms with Gasteiger partial charge in [0.2, 0.25) is 5.91 Å². The zero-order valence-electron chi connectivity index (χ0n) is 20.1. The van der Waals surface area contributed by atoms with Crippen LogP contribution in [0.3, 0.4) is 0 Å². The molecule has 2 aliphatic rings. The molecule has 1 atom stereocenters. The highest BCUT2D eigenvalue weighted by atomic mass is 16.2. The van der Waals surface area contributed by atoms with Crippen LogP contribution in [0.5, 0.6) is 0 Å². The Balaban J connectivity index is 1.26. The van der Waals surface area contributed by atoms with Crippen molar-refractivity contribution in [3.05, 3.63) is 60.4 Å². The number of aromatic nitrogens is 1. The molecule has 35 heavy (non-hydrogen) atoms. The van der Waals surface area contributed by atoms with Crippen molar-refractivity contribution in [2.75, 3.05) is 57.3 Å². The van der Waals surface area contributed by atoms with E-state index < -0.39 is 11.8 Å². The number of carbonyl (C=O) groups excluding carboxylic acids is 3. The van der Waals surface area contributed by atoms with E-state index >= 15 is 0 Å². The first-order valence-corrected chi connectivity index (χ1v) is 12.4. The number of anilines is 1. The first-order chi connectivity index (χ1) is 17.1. The summed E-state index contributed by atoms with van der Waals surface area (Å²) < 4.78 is 0. The molecule has 0 spiro atoms. The predicted octanol–water partition coefficient (Wildman–Crippen LogP) is 1.19. The van der Waals surface area contributed by atoms with E-state index in [2.05, 4.69) is 37.6 Å². The van der Waals surface area contributed by atoms with Crippen LogP contribution in [-0.4, -0.2) is 84.9 Å². The minimum absolute atomic E-state index is 0.0699. The van der Waals surface area contributed by atoms with Gasteiger partial charge >= 0.3 is 11.8 Å². The number of carbonyl (C=O) groups is 3. The number of benzene rings is 1. The lowest BCUT2D eigenvalue weighted by molar-refractivity contribution is -0.139. The molecule has 4 rings (SSSR count). The zero-order valence-corrected chi connectivity index (χ0v) is 20.1. The van der Waals surface area contributed by atoms with Gasteiger partial charge in [-0.1, -0.05) is 24.3 Å². The molecule has 1 aromatic carbocycles. The van der Waals surface area contributed by atoms with Crippen molar-refractivity contribution in [3.8, 4) is 0 Å². The van der Waals surface area contributed by atoms with Crippen molar-refractivity contribution in [1.82, 2.24) is 25.4 Å². The van der Waals surface area contributed by atoms with Gasteiger partial charge in [0.05, 0.1) is 6.04 Å². The number of para-hydroxylation sites is 1. The monoisotopic (exact) mass is 478 g/mol. The summed E-state index contributed by atoms with van der Waals surface area (Å²) in [5.41, 5.74) is 2.22. The molecule has 2 aliphatic heterocycles. The molecule has 0 radical (unpaired) electrons. The molecular weight excluding hydrogens is 444 g/mol.